The molecule has 1 saturated heterocycles. The third kappa shape index (κ3) is 5.74. The van der Waals surface area contributed by atoms with Crippen molar-refractivity contribution in [2.24, 2.45) is 0 Å². The zero-order valence-electron chi connectivity index (χ0n) is 15.0. The van der Waals surface area contributed by atoms with E-state index in [0.29, 0.717) is 28.8 Å². The Bertz CT molecular complexity index is 720. The molecule has 1 aromatic heterocycles. The molecule has 1 fully saturated rings. The number of carbonyl (C=O) groups excluding carboxylic acids is 1. The van der Waals surface area contributed by atoms with Crippen LogP contribution in [-0.2, 0) is 6.54 Å². The van der Waals surface area contributed by atoms with Gasteiger partial charge >= 0.3 is 0 Å². The molecule has 1 atom stereocenters. The van der Waals surface area contributed by atoms with Gasteiger partial charge in [-0.15, -0.1) is 0 Å². The minimum atomic E-state index is -2.47. The van der Waals surface area contributed by atoms with Crippen molar-refractivity contribution in [2.45, 2.75) is 42.5 Å². The van der Waals surface area contributed by atoms with Crippen molar-refractivity contribution in [2.75, 3.05) is 13.1 Å². The van der Waals surface area contributed by atoms with Crippen LogP contribution in [0.15, 0.2) is 53.6 Å². The van der Waals surface area contributed by atoms with E-state index >= 15 is 0 Å². The molecule has 4 nitrogen and oxygen atoms in total. The first kappa shape index (κ1) is 19.8. The number of nitrogens with one attached hydrogen (secondary N) is 1. The molecular weight excluding hydrogens is 368 g/mol. The SMILES string of the molecule is O=C(c1ccc(SC(F)F)cc1)N(Cc1ccccn1)C1CCCNCC1. The van der Waals surface area contributed by atoms with Gasteiger partial charge in [-0.2, -0.15) is 8.78 Å². The van der Waals surface area contributed by atoms with E-state index in [-0.39, 0.29) is 11.9 Å². The van der Waals surface area contributed by atoms with Gasteiger partial charge in [-0.3, -0.25) is 9.78 Å². The summed E-state index contributed by atoms with van der Waals surface area (Å²) in [4.78, 5) is 19.9. The second-order valence-corrected chi connectivity index (χ2v) is 7.56. The van der Waals surface area contributed by atoms with Crippen molar-refractivity contribution in [1.82, 2.24) is 15.2 Å². The highest BCUT2D eigenvalue weighted by Gasteiger charge is 2.26. The van der Waals surface area contributed by atoms with Gasteiger partial charge in [0.05, 0.1) is 12.2 Å². The summed E-state index contributed by atoms with van der Waals surface area (Å²) in [6.07, 6.45) is 4.56. The number of aromatic nitrogens is 1. The van der Waals surface area contributed by atoms with Crippen molar-refractivity contribution in [3.05, 3.63) is 59.9 Å². The van der Waals surface area contributed by atoms with E-state index in [1.807, 2.05) is 23.1 Å². The van der Waals surface area contributed by atoms with Crippen LogP contribution in [0, 0.1) is 0 Å². The van der Waals surface area contributed by atoms with Crippen molar-refractivity contribution in [1.29, 1.82) is 0 Å². The number of alkyl halides is 2. The Morgan fingerprint density at radius 1 is 1.19 bits per heavy atom. The molecule has 1 aliphatic rings. The number of carbonyl (C=O) groups is 1. The van der Waals surface area contributed by atoms with E-state index < -0.39 is 5.76 Å². The number of hydrogen-bond donors (Lipinski definition) is 1. The molecule has 27 heavy (non-hydrogen) atoms. The largest absolute Gasteiger partial charge is 0.330 e. The van der Waals surface area contributed by atoms with E-state index in [2.05, 4.69) is 10.3 Å². The Kier molecular flexibility index (Phi) is 7.18. The lowest BCUT2D eigenvalue weighted by Gasteiger charge is -2.31. The molecule has 0 aliphatic carbocycles. The van der Waals surface area contributed by atoms with Crippen LogP contribution in [0.4, 0.5) is 8.78 Å². The lowest BCUT2D eigenvalue weighted by Crippen LogP contribution is -2.40. The number of thioether (sulfide) groups is 1. The van der Waals surface area contributed by atoms with Crippen LogP contribution >= 0.6 is 11.8 Å². The van der Waals surface area contributed by atoms with Crippen molar-refractivity contribution in [3.63, 3.8) is 0 Å². The summed E-state index contributed by atoms with van der Waals surface area (Å²) in [6, 6.07) is 12.2. The van der Waals surface area contributed by atoms with Gasteiger partial charge in [-0.05, 0) is 68.8 Å². The van der Waals surface area contributed by atoms with Gasteiger partial charge < -0.3 is 10.2 Å². The quantitative estimate of drug-likeness (QED) is 0.751. The molecule has 2 heterocycles. The van der Waals surface area contributed by atoms with Gasteiger partial charge in [0.15, 0.2) is 0 Å². The Morgan fingerprint density at radius 3 is 2.70 bits per heavy atom. The van der Waals surface area contributed by atoms with Gasteiger partial charge in [-0.25, -0.2) is 0 Å². The standard InChI is InChI=1S/C20H23F2N3OS/c21-20(22)27-18-8-6-15(7-9-18)19(26)25(14-16-4-1-2-12-24-16)17-5-3-11-23-13-10-17/h1-2,4,6-9,12,17,20,23H,3,5,10-11,13-14H2. The summed E-state index contributed by atoms with van der Waals surface area (Å²) in [6.45, 7) is 2.28. The monoisotopic (exact) mass is 391 g/mol. The average Bonchev–Trinajstić information content (AvgIpc) is 2.96. The molecule has 2 aromatic rings. The summed E-state index contributed by atoms with van der Waals surface area (Å²) < 4.78 is 25.0. The minimum Gasteiger partial charge on any atom is -0.330 e. The second-order valence-electron chi connectivity index (χ2n) is 6.49. The number of hydrogen-bond acceptors (Lipinski definition) is 4. The van der Waals surface area contributed by atoms with Crippen LogP contribution in [-0.4, -0.2) is 40.7 Å². The Balaban J connectivity index is 1.80. The molecule has 0 bridgehead atoms. The van der Waals surface area contributed by atoms with Crippen LogP contribution in [0.25, 0.3) is 0 Å². The maximum absolute atomic E-state index is 13.2. The first-order valence-electron chi connectivity index (χ1n) is 9.10. The van der Waals surface area contributed by atoms with Crippen LogP contribution in [0.1, 0.15) is 35.3 Å². The Labute approximate surface area is 162 Å². The summed E-state index contributed by atoms with van der Waals surface area (Å²) in [5, 5.41) is 3.37. The molecule has 0 radical (unpaired) electrons. The molecule has 0 spiro atoms. The second kappa shape index (κ2) is 9.80. The molecule has 1 aliphatic heterocycles. The third-order valence-electron chi connectivity index (χ3n) is 4.63. The fraction of sp³-hybridized carbons (Fsp3) is 0.400. The number of pyridine rings is 1. The lowest BCUT2D eigenvalue weighted by molar-refractivity contribution is 0.0642. The van der Waals surface area contributed by atoms with Crippen molar-refractivity contribution < 1.29 is 13.6 Å². The normalized spacial score (nSPS) is 17.5. The highest BCUT2D eigenvalue weighted by molar-refractivity contribution is 7.99. The molecule has 1 amide bonds. The molecule has 1 N–H and O–H groups in total. The fourth-order valence-electron chi connectivity index (χ4n) is 3.29. The third-order valence-corrected chi connectivity index (χ3v) is 5.35. The lowest BCUT2D eigenvalue weighted by atomic mass is 10.0. The first-order valence-corrected chi connectivity index (χ1v) is 9.98. The van der Waals surface area contributed by atoms with Crippen molar-refractivity contribution >= 4 is 17.7 Å². The predicted octanol–water partition coefficient (Wildman–Crippen LogP) is 4.18. The van der Waals surface area contributed by atoms with E-state index in [1.54, 1.807) is 30.5 Å². The molecule has 144 valence electrons. The predicted molar refractivity (Wildman–Crippen MR) is 103 cm³/mol. The Hall–Kier alpha value is -1.99. The van der Waals surface area contributed by atoms with Gasteiger partial charge in [-0.1, -0.05) is 17.8 Å². The zero-order chi connectivity index (χ0) is 19.1. The highest BCUT2D eigenvalue weighted by Crippen LogP contribution is 2.26. The summed E-state index contributed by atoms with van der Waals surface area (Å²) in [7, 11) is 0. The summed E-state index contributed by atoms with van der Waals surface area (Å²) >= 11 is 0.484. The maximum atomic E-state index is 13.2. The summed E-state index contributed by atoms with van der Waals surface area (Å²) in [5.41, 5.74) is 1.36. The zero-order valence-corrected chi connectivity index (χ0v) is 15.8. The van der Waals surface area contributed by atoms with Gasteiger partial charge in [0.2, 0.25) is 0 Å². The van der Waals surface area contributed by atoms with Gasteiger partial charge in [0, 0.05) is 22.7 Å². The van der Waals surface area contributed by atoms with E-state index in [9.17, 15) is 13.6 Å². The fourth-order valence-corrected chi connectivity index (χ4v) is 3.79. The minimum absolute atomic E-state index is 0.0823. The van der Waals surface area contributed by atoms with Crippen LogP contribution in [0.5, 0.6) is 0 Å². The molecule has 1 unspecified atom stereocenters. The number of nitrogens with zero attached hydrogens (tertiary/aromatic N) is 2. The van der Waals surface area contributed by atoms with Crippen molar-refractivity contribution in [3.8, 4) is 0 Å². The maximum Gasteiger partial charge on any atom is 0.288 e. The van der Waals surface area contributed by atoms with Gasteiger partial charge in [0.1, 0.15) is 0 Å². The number of rotatable bonds is 6. The van der Waals surface area contributed by atoms with E-state index in [0.717, 1.165) is 38.0 Å². The van der Waals surface area contributed by atoms with Crippen LogP contribution in [0.3, 0.4) is 0 Å². The van der Waals surface area contributed by atoms with Crippen LogP contribution in [0.2, 0.25) is 0 Å². The number of amides is 1. The Morgan fingerprint density at radius 2 is 2.00 bits per heavy atom. The number of halogens is 2. The molecule has 1 aromatic carbocycles. The topological polar surface area (TPSA) is 45.2 Å². The summed E-state index contributed by atoms with van der Waals surface area (Å²) in [5.74, 6) is -2.55. The average molecular weight is 391 g/mol. The van der Waals surface area contributed by atoms with E-state index in [4.69, 9.17) is 0 Å². The molecular formula is C20H23F2N3OS. The highest BCUT2D eigenvalue weighted by atomic mass is 32.2. The van der Waals surface area contributed by atoms with E-state index in [1.165, 1.54) is 0 Å². The molecule has 0 saturated carbocycles. The first-order chi connectivity index (χ1) is 13.1. The molecule has 3 rings (SSSR count). The number of benzene rings is 1. The smallest absolute Gasteiger partial charge is 0.288 e. The molecule has 7 heteroatoms. The van der Waals surface area contributed by atoms with Gasteiger partial charge in [0.25, 0.3) is 11.7 Å². The van der Waals surface area contributed by atoms with Crippen LogP contribution < -0.4 is 5.32 Å².